The molecule has 0 spiro atoms. The van der Waals surface area contributed by atoms with E-state index in [0.717, 1.165) is 39.0 Å². The number of rotatable bonds is 4. The van der Waals surface area contributed by atoms with Gasteiger partial charge in [0.2, 0.25) is 0 Å². The van der Waals surface area contributed by atoms with E-state index in [4.69, 9.17) is 4.74 Å². The van der Waals surface area contributed by atoms with Crippen molar-refractivity contribution in [1.82, 2.24) is 0 Å². The largest absolute Gasteiger partial charge is 0.465 e. The van der Waals surface area contributed by atoms with Crippen LogP contribution in [0, 0.1) is 0 Å². The van der Waals surface area contributed by atoms with Crippen LogP contribution in [-0.2, 0) is 10.2 Å². The number of ketones is 1. The van der Waals surface area contributed by atoms with Crippen molar-refractivity contribution in [1.29, 1.82) is 0 Å². The molecule has 4 heteroatoms. The predicted molar refractivity (Wildman–Crippen MR) is 158 cm³/mol. The summed E-state index contributed by atoms with van der Waals surface area (Å²) < 4.78 is 4.97. The number of nitrogens with zero attached hydrogens (tertiary/aromatic N) is 1. The number of Topliss-reactive ketones (excluding diaryl/α,β-unsaturated/α-hetero) is 1. The Morgan fingerprint density at radius 1 is 0.769 bits per heavy atom. The Bertz CT molecular complexity index is 1770. The van der Waals surface area contributed by atoms with Gasteiger partial charge in [0.1, 0.15) is 0 Å². The van der Waals surface area contributed by atoms with E-state index in [2.05, 4.69) is 73.3 Å². The first-order valence-electron chi connectivity index (χ1n) is 13.1. The van der Waals surface area contributed by atoms with Crippen LogP contribution in [0.1, 0.15) is 52.6 Å². The van der Waals surface area contributed by atoms with Crippen molar-refractivity contribution in [3.8, 4) is 11.1 Å². The van der Waals surface area contributed by atoms with Crippen molar-refractivity contribution in [3.05, 3.63) is 125 Å². The van der Waals surface area contributed by atoms with Crippen molar-refractivity contribution >= 4 is 39.6 Å². The molecule has 0 N–H and O–H groups in total. The molecule has 0 saturated heterocycles. The molecule has 1 aliphatic heterocycles. The number of hydrogen-bond donors (Lipinski definition) is 0. The molecule has 0 bridgehead atoms. The number of para-hydroxylation sites is 1. The zero-order chi connectivity index (χ0) is 27.3. The summed E-state index contributed by atoms with van der Waals surface area (Å²) in [7, 11) is 1.40. The Kier molecular flexibility index (Phi) is 5.84. The van der Waals surface area contributed by atoms with Crippen LogP contribution in [0.5, 0.6) is 0 Å². The Balaban J connectivity index is 1.64. The Labute approximate surface area is 228 Å². The lowest BCUT2D eigenvalue weighted by Crippen LogP contribution is -2.31. The van der Waals surface area contributed by atoms with Gasteiger partial charge in [-0.05, 0) is 82.4 Å². The van der Waals surface area contributed by atoms with Crippen molar-refractivity contribution in [2.24, 2.45) is 0 Å². The SMILES string of the molecule is COC(=O)c1ccc2c3c(ccc2c1)N(c1ccccc1)c1ccc(-c2ccccc2C(C)=O)cc1C3(C)C. The standard InChI is InChI=1S/C35H29NO3/c1-22(37)27-12-8-9-13-28(27)24-15-18-31-30(21-24)35(2,3)33-29-17-14-25(34(38)39-4)20-23(29)16-19-32(33)36(31)26-10-6-5-7-11-26/h5-21H,1-4H3. The van der Waals surface area contributed by atoms with E-state index in [1.807, 2.05) is 48.5 Å². The van der Waals surface area contributed by atoms with Crippen LogP contribution < -0.4 is 4.90 Å². The van der Waals surface area contributed by atoms with Crippen LogP contribution in [0.3, 0.4) is 0 Å². The van der Waals surface area contributed by atoms with E-state index in [9.17, 15) is 9.59 Å². The average Bonchev–Trinajstić information content (AvgIpc) is 2.96. The highest BCUT2D eigenvalue weighted by Gasteiger charge is 2.38. The fraction of sp³-hybridized carbons (Fsp3) is 0.143. The van der Waals surface area contributed by atoms with Crippen molar-refractivity contribution < 1.29 is 14.3 Å². The van der Waals surface area contributed by atoms with Gasteiger partial charge in [0.15, 0.2) is 5.78 Å². The molecule has 1 aliphatic rings. The third-order valence-corrected chi connectivity index (χ3v) is 7.83. The molecule has 0 radical (unpaired) electrons. The van der Waals surface area contributed by atoms with Crippen LogP contribution >= 0.6 is 0 Å². The van der Waals surface area contributed by atoms with Gasteiger partial charge in [0, 0.05) is 16.7 Å². The van der Waals surface area contributed by atoms with Crippen LogP contribution in [-0.4, -0.2) is 18.9 Å². The fourth-order valence-corrected chi connectivity index (χ4v) is 5.97. The first-order valence-corrected chi connectivity index (χ1v) is 13.1. The molecule has 192 valence electrons. The molecule has 5 aromatic carbocycles. The van der Waals surface area contributed by atoms with Gasteiger partial charge in [-0.15, -0.1) is 0 Å². The first-order chi connectivity index (χ1) is 18.8. The monoisotopic (exact) mass is 511 g/mol. The lowest BCUT2D eigenvalue weighted by Gasteiger charge is -2.43. The summed E-state index contributed by atoms with van der Waals surface area (Å²) in [4.78, 5) is 27.0. The number of anilines is 3. The summed E-state index contributed by atoms with van der Waals surface area (Å²) in [5.74, 6) is -0.301. The maximum absolute atomic E-state index is 12.5. The Morgan fingerprint density at radius 2 is 1.49 bits per heavy atom. The van der Waals surface area contributed by atoms with E-state index in [0.29, 0.717) is 11.1 Å². The normalized spacial score (nSPS) is 13.5. The predicted octanol–water partition coefficient (Wildman–Crippen LogP) is 8.61. The number of esters is 1. The van der Waals surface area contributed by atoms with E-state index in [-0.39, 0.29) is 17.2 Å². The number of carbonyl (C=O) groups is 2. The van der Waals surface area contributed by atoms with Crippen LogP contribution in [0.4, 0.5) is 17.1 Å². The Morgan fingerprint density at radius 3 is 2.23 bits per heavy atom. The number of hydrogen-bond acceptors (Lipinski definition) is 4. The van der Waals surface area contributed by atoms with Crippen LogP contribution in [0.15, 0.2) is 103 Å². The highest BCUT2D eigenvalue weighted by atomic mass is 16.5. The number of fused-ring (bicyclic) bond motifs is 4. The highest BCUT2D eigenvalue weighted by molar-refractivity contribution is 6.03. The van der Waals surface area contributed by atoms with Gasteiger partial charge in [-0.25, -0.2) is 4.79 Å². The molecule has 39 heavy (non-hydrogen) atoms. The molecule has 6 rings (SSSR count). The molecular formula is C35H29NO3. The van der Waals surface area contributed by atoms with Gasteiger partial charge in [-0.2, -0.15) is 0 Å². The Hall–Kier alpha value is -4.70. The number of carbonyl (C=O) groups excluding carboxylic acids is 2. The van der Waals surface area contributed by atoms with E-state index < -0.39 is 0 Å². The van der Waals surface area contributed by atoms with Crippen molar-refractivity contribution in [2.75, 3.05) is 12.0 Å². The molecule has 4 nitrogen and oxygen atoms in total. The van der Waals surface area contributed by atoms with E-state index in [1.165, 1.54) is 18.2 Å². The second kappa shape index (κ2) is 9.25. The van der Waals surface area contributed by atoms with Crippen molar-refractivity contribution in [3.63, 3.8) is 0 Å². The molecule has 0 saturated carbocycles. The third-order valence-electron chi connectivity index (χ3n) is 7.83. The second-order valence-electron chi connectivity index (χ2n) is 10.5. The highest BCUT2D eigenvalue weighted by Crippen LogP contribution is 2.54. The molecule has 0 fully saturated rings. The lowest BCUT2D eigenvalue weighted by molar-refractivity contribution is 0.0600. The lowest BCUT2D eigenvalue weighted by atomic mass is 9.71. The molecular weight excluding hydrogens is 482 g/mol. The first kappa shape index (κ1) is 24.6. The molecule has 0 aromatic heterocycles. The van der Waals surface area contributed by atoms with E-state index >= 15 is 0 Å². The molecule has 1 heterocycles. The number of ether oxygens (including phenoxy) is 1. The van der Waals surface area contributed by atoms with Gasteiger partial charge in [-0.3, -0.25) is 4.79 Å². The van der Waals surface area contributed by atoms with Gasteiger partial charge in [-0.1, -0.05) is 74.5 Å². The van der Waals surface area contributed by atoms with Gasteiger partial charge in [0.25, 0.3) is 0 Å². The minimum absolute atomic E-state index is 0.0474. The zero-order valence-electron chi connectivity index (χ0n) is 22.5. The summed E-state index contributed by atoms with van der Waals surface area (Å²) in [5.41, 5.74) is 8.44. The number of methoxy groups -OCH3 is 1. The minimum Gasteiger partial charge on any atom is -0.465 e. The topological polar surface area (TPSA) is 46.6 Å². The minimum atomic E-state index is -0.372. The molecule has 0 amide bonds. The van der Waals surface area contributed by atoms with Gasteiger partial charge in [0.05, 0.1) is 24.0 Å². The van der Waals surface area contributed by atoms with E-state index in [1.54, 1.807) is 6.92 Å². The summed E-state index contributed by atoms with van der Waals surface area (Å²) in [6, 6.07) is 34.7. The molecule has 0 aliphatic carbocycles. The van der Waals surface area contributed by atoms with Crippen molar-refractivity contribution in [2.45, 2.75) is 26.2 Å². The molecule has 5 aromatic rings. The maximum atomic E-state index is 12.5. The summed E-state index contributed by atoms with van der Waals surface area (Å²) >= 11 is 0. The number of benzene rings is 5. The average molecular weight is 512 g/mol. The van der Waals surface area contributed by atoms with Gasteiger partial charge >= 0.3 is 5.97 Å². The zero-order valence-corrected chi connectivity index (χ0v) is 22.5. The van der Waals surface area contributed by atoms with Crippen LogP contribution in [0.2, 0.25) is 0 Å². The summed E-state index contributed by atoms with van der Waals surface area (Å²) in [5, 5.41) is 2.07. The molecule has 0 atom stereocenters. The summed E-state index contributed by atoms with van der Waals surface area (Å²) in [6.07, 6.45) is 0. The molecule has 0 unspecified atom stereocenters. The smallest absolute Gasteiger partial charge is 0.337 e. The van der Waals surface area contributed by atoms with Gasteiger partial charge < -0.3 is 9.64 Å². The van der Waals surface area contributed by atoms with Crippen LogP contribution in [0.25, 0.3) is 21.9 Å². The second-order valence-corrected chi connectivity index (χ2v) is 10.5. The summed E-state index contributed by atoms with van der Waals surface area (Å²) in [6.45, 7) is 6.12. The third kappa shape index (κ3) is 3.91. The fourth-order valence-electron chi connectivity index (χ4n) is 5.97. The maximum Gasteiger partial charge on any atom is 0.337 e. The quantitative estimate of drug-likeness (QED) is 0.179.